The van der Waals surface area contributed by atoms with Crippen LogP contribution in [0, 0.1) is 0 Å². The van der Waals surface area contributed by atoms with Crippen LogP contribution in [-0.4, -0.2) is 29.0 Å². The van der Waals surface area contributed by atoms with Crippen molar-refractivity contribution in [3.63, 3.8) is 0 Å². The van der Waals surface area contributed by atoms with Gasteiger partial charge < -0.3 is 0 Å². The van der Waals surface area contributed by atoms with Crippen LogP contribution in [0.15, 0.2) is 11.4 Å². The first-order chi connectivity index (χ1) is 7.89. The third-order valence-electron chi connectivity index (χ3n) is 3.15. The summed E-state index contributed by atoms with van der Waals surface area (Å²) >= 11 is 4.42. The van der Waals surface area contributed by atoms with Gasteiger partial charge in [0.1, 0.15) is 4.83 Å². The SMILES string of the molecule is CC1c2ccsc2CCN1CC(Br)C(F)(F)F. The quantitative estimate of drug-likeness (QED) is 0.742. The Morgan fingerprint density at radius 3 is 2.94 bits per heavy atom. The molecule has 0 N–H and O–H groups in total. The van der Waals surface area contributed by atoms with Gasteiger partial charge in [0.15, 0.2) is 0 Å². The zero-order chi connectivity index (χ0) is 12.6. The largest absolute Gasteiger partial charge is 0.402 e. The van der Waals surface area contributed by atoms with E-state index in [0.717, 1.165) is 6.42 Å². The van der Waals surface area contributed by atoms with Crippen molar-refractivity contribution in [3.05, 3.63) is 21.9 Å². The van der Waals surface area contributed by atoms with Crippen molar-refractivity contribution in [2.45, 2.75) is 30.4 Å². The molecule has 1 aromatic heterocycles. The topological polar surface area (TPSA) is 3.24 Å². The number of fused-ring (bicyclic) bond motifs is 1. The molecule has 0 fully saturated rings. The highest BCUT2D eigenvalue weighted by Crippen LogP contribution is 2.35. The van der Waals surface area contributed by atoms with Gasteiger partial charge in [0.05, 0.1) is 0 Å². The molecule has 0 aromatic carbocycles. The van der Waals surface area contributed by atoms with Gasteiger partial charge in [-0.3, -0.25) is 4.90 Å². The number of alkyl halides is 4. The van der Waals surface area contributed by atoms with Gasteiger partial charge >= 0.3 is 6.18 Å². The van der Waals surface area contributed by atoms with E-state index in [1.165, 1.54) is 10.4 Å². The van der Waals surface area contributed by atoms with E-state index in [2.05, 4.69) is 15.9 Å². The summed E-state index contributed by atoms with van der Waals surface area (Å²) in [5.74, 6) is 0. The van der Waals surface area contributed by atoms with E-state index >= 15 is 0 Å². The van der Waals surface area contributed by atoms with Gasteiger partial charge in [-0.05, 0) is 30.4 Å². The minimum atomic E-state index is -4.17. The molecule has 1 aliphatic rings. The second-order valence-corrected chi connectivity index (χ2v) is 6.34. The van der Waals surface area contributed by atoms with Gasteiger partial charge in [0.25, 0.3) is 0 Å². The van der Waals surface area contributed by atoms with Crippen LogP contribution in [0.2, 0.25) is 0 Å². The van der Waals surface area contributed by atoms with E-state index in [-0.39, 0.29) is 12.6 Å². The fourth-order valence-electron chi connectivity index (χ4n) is 2.12. The van der Waals surface area contributed by atoms with Gasteiger partial charge in [-0.1, -0.05) is 15.9 Å². The van der Waals surface area contributed by atoms with Gasteiger partial charge in [0, 0.05) is 24.0 Å². The van der Waals surface area contributed by atoms with Crippen LogP contribution in [0.25, 0.3) is 0 Å². The van der Waals surface area contributed by atoms with Crippen molar-refractivity contribution in [3.8, 4) is 0 Å². The van der Waals surface area contributed by atoms with E-state index < -0.39 is 11.0 Å². The molecule has 0 amide bonds. The Morgan fingerprint density at radius 1 is 1.59 bits per heavy atom. The molecule has 2 unspecified atom stereocenters. The summed E-state index contributed by atoms with van der Waals surface area (Å²) < 4.78 is 37.5. The third-order valence-corrected chi connectivity index (χ3v) is 4.96. The molecule has 0 spiro atoms. The molecule has 1 nitrogen and oxygen atoms in total. The third kappa shape index (κ3) is 2.85. The summed E-state index contributed by atoms with van der Waals surface area (Å²) in [6.45, 7) is 2.69. The van der Waals surface area contributed by atoms with Crippen LogP contribution in [-0.2, 0) is 6.42 Å². The Bertz CT molecular complexity index is 390. The van der Waals surface area contributed by atoms with Gasteiger partial charge in [-0.25, -0.2) is 0 Å². The summed E-state index contributed by atoms with van der Waals surface area (Å²) in [6.07, 6.45) is -3.32. The Balaban J connectivity index is 2.06. The lowest BCUT2D eigenvalue weighted by atomic mass is 10.0. The number of halogens is 4. The smallest absolute Gasteiger partial charge is 0.295 e. The maximum Gasteiger partial charge on any atom is 0.402 e. The molecule has 2 rings (SSSR count). The summed E-state index contributed by atoms with van der Waals surface area (Å²) in [4.78, 5) is 1.76. The first kappa shape index (κ1) is 13.4. The molecule has 0 aliphatic carbocycles. The molecular formula is C11H13BrF3NS. The van der Waals surface area contributed by atoms with E-state index in [4.69, 9.17) is 0 Å². The molecule has 1 aliphatic heterocycles. The van der Waals surface area contributed by atoms with E-state index in [9.17, 15) is 13.2 Å². The second kappa shape index (κ2) is 4.90. The molecule has 17 heavy (non-hydrogen) atoms. The molecule has 0 radical (unpaired) electrons. The lowest BCUT2D eigenvalue weighted by molar-refractivity contribution is -0.131. The van der Waals surface area contributed by atoms with Crippen LogP contribution in [0.5, 0.6) is 0 Å². The maximum atomic E-state index is 12.5. The highest BCUT2D eigenvalue weighted by molar-refractivity contribution is 9.09. The zero-order valence-corrected chi connectivity index (χ0v) is 11.7. The highest BCUT2D eigenvalue weighted by atomic mass is 79.9. The van der Waals surface area contributed by atoms with Crippen LogP contribution >= 0.6 is 27.3 Å². The van der Waals surface area contributed by atoms with Crippen LogP contribution in [0.1, 0.15) is 23.4 Å². The summed E-state index contributed by atoms with van der Waals surface area (Å²) in [5.41, 5.74) is 1.18. The van der Waals surface area contributed by atoms with Crippen molar-refractivity contribution >= 4 is 27.3 Å². The highest BCUT2D eigenvalue weighted by Gasteiger charge is 2.40. The molecule has 0 saturated carbocycles. The minimum absolute atomic E-state index is 0.0138. The molecule has 0 saturated heterocycles. The van der Waals surface area contributed by atoms with Crippen molar-refractivity contribution in [1.29, 1.82) is 0 Å². The normalized spacial score (nSPS) is 23.5. The van der Waals surface area contributed by atoms with E-state index in [1.54, 1.807) is 11.3 Å². The Labute approximate surface area is 111 Å². The minimum Gasteiger partial charge on any atom is -0.295 e. The summed E-state index contributed by atoms with van der Waals surface area (Å²) in [7, 11) is 0. The molecule has 2 heterocycles. The molecule has 96 valence electrons. The van der Waals surface area contributed by atoms with Crippen molar-refractivity contribution in [2.24, 2.45) is 0 Å². The zero-order valence-electron chi connectivity index (χ0n) is 9.30. The lowest BCUT2D eigenvalue weighted by Gasteiger charge is -2.35. The van der Waals surface area contributed by atoms with Crippen LogP contribution in [0.4, 0.5) is 13.2 Å². The van der Waals surface area contributed by atoms with Crippen LogP contribution in [0.3, 0.4) is 0 Å². The number of nitrogens with zero attached hydrogens (tertiary/aromatic N) is 1. The molecule has 2 atom stereocenters. The predicted molar refractivity (Wildman–Crippen MR) is 66.8 cm³/mol. The van der Waals surface area contributed by atoms with Crippen LogP contribution < -0.4 is 0 Å². The van der Waals surface area contributed by atoms with Gasteiger partial charge in [0.2, 0.25) is 0 Å². The summed E-state index contributed by atoms with van der Waals surface area (Å²) in [6, 6.07) is 2.10. The fourth-order valence-corrected chi connectivity index (χ4v) is 3.45. The number of rotatable bonds is 2. The van der Waals surface area contributed by atoms with Crippen molar-refractivity contribution < 1.29 is 13.2 Å². The van der Waals surface area contributed by atoms with E-state index in [0.29, 0.717) is 6.54 Å². The molecule has 1 aromatic rings. The first-order valence-electron chi connectivity index (χ1n) is 5.40. The Kier molecular flexibility index (Phi) is 3.85. The first-order valence-corrected chi connectivity index (χ1v) is 7.20. The Morgan fingerprint density at radius 2 is 2.29 bits per heavy atom. The number of hydrogen-bond acceptors (Lipinski definition) is 2. The second-order valence-electron chi connectivity index (χ2n) is 4.23. The number of thiophene rings is 1. The van der Waals surface area contributed by atoms with Crippen molar-refractivity contribution in [1.82, 2.24) is 4.90 Å². The van der Waals surface area contributed by atoms with Gasteiger partial charge in [-0.15, -0.1) is 11.3 Å². The maximum absolute atomic E-state index is 12.5. The van der Waals surface area contributed by atoms with Gasteiger partial charge in [-0.2, -0.15) is 13.2 Å². The fraction of sp³-hybridized carbons (Fsp3) is 0.636. The average molecular weight is 328 g/mol. The van der Waals surface area contributed by atoms with E-state index in [1.807, 2.05) is 23.3 Å². The summed E-state index contributed by atoms with van der Waals surface area (Å²) in [5, 5.41) is 2.01. The lowest BCUT2D eigenvalue weighted by Crippen LogP contribution is -2.41. The molecular weight excluding hydrogens is 315 g/mol. The Hall–Kier alpha value is -0.0700. The predicted octanol–water partition coefficient (Wildman–Crippen LogP) is 3.99. The number of hydrogen-bond donors (Lipinski definition) is 0. The average Bonchev–Trinajstić information content (AvgIpc) is 2.69. The molecule has 6 heteroatoms. The monoisotopic (exact) mass is 327 g/mol. The standard InChI is InChI=1S/C11H13BrF3NS/c1-7-8-3-5-17-9(8)2-4-16(7)6-10(12)11(13,14)15/h3,5,7,10H,2,4,6H2,1H3. The van der Waals surface area contributed by atoms with Crippen molar-refractivity contribution in [2.75, 3.05) is 13.1 Å². The molecule has 0 bridgehead atoms.